The van der Waals surface area contributed by atoms with E-state index in [1.165, 1.54) is 37.1 Å². The Balaban J connectivity index is 0.962. The molecule has 3 aliphatic rings. The van der Waals surface area contributed by atoms with E-state index < -0.39 is 16.6 Å². The van der Waals surface area contributed by atoms with Gasteiger partial charge in [0.2, 0.25) is 0 Å². The Morgan fingerprint density at radius 3 is 1.22 bits per heavy atom. The summed E-state index contributed by atoms with van der Waals surface area (Å²) in [6.45, 7) is 0. The first-order valence-electron chi connectivity index (χ1n) is 23.6. The number of para-hydroxylation sites is 6. The van der Waals surface area contributed by atoms with Crippen LogP contribution in [0.5, 0.6) is 0 Å². The molecule has 0 aromatic heterocycles. The number of hydrogen-bond donors (Lipinski definition) is 1. The molecule has 0 saturated carbocycles. The van der Waals surface area contributed by atoms with Crippen molar-refractivity contribution in [3.8, 4) is 33.4 Å². The van der Waals surface area contributed by atoms with Crippen molar-refractivity contribution in [3.05, 3.63) is 255 Å². The summed E-state index contributed by atoms with van der Waals surface area (Å²) in [6, 6.07) is 92.4. The third kappa shape index (κ3) is 8.05. The van der Waals surface area contributed by atoms with Crippen LogP contribution in [-0.4, -0.2) is 0 Å². The number of thiol groups is 1. The molecule has 0 bridgehead atoms. The van der Waals surface area contributed by atoms with E-state index in [1.807, 2.05) is 34.1 Å². The van der Waals surface area contributed by atoms with E-state index in [0.29, 0.717) is 0 Å². The normalized spacial score (nSPS) is 18.9. The van der Waals surface area contributed by atoms with Crippen LogP contribution in [0, 0.1) is 0 Å². The van der Waals surface area contributed by atoms with Gasteiger partial charge in [0.1, 0.15) is 0 Å². The van der Waals surface area contributed by atoms with Crippen molar-refractivity contribution in [2.75, 3.05) is 14.0 Å². The summed E-state index contributed by atoms with van der Waals surface area (Å²) >= 11 is 25.2. The van der Waals surface area contributed by atoms with Crippen LogP contribution >= 0.6 is 63.0 Å². The zero-order valence-electron chi connectivity index (χ0n) is 38.5. The van der Waals surface area contributed by atoms with Gasteiger partial charge in [-0.3, -0.25) is 0 Å². The molecule has 10 aromatic carbocycles. The molecule has 3 nitrogen and oxygen atoms in total. The van der Waals surface area contributed by atoms with Crippen LogP contribution in [0.4, 0.5) is 34.1 Å². The summed E-state index contributed by atoms with van der Waals surface area (Å²) in [5, 5.41) is -1.31. The Morgan fingerprint density at radius 2 is 0.736 bits per heavy atom. The predicted octanol–water partition coefficient (Wildman–Crippen LogP) is 18.4. The summed E-state index contributed by atoms with van der Waals surface area (Å²) in [5.41, 5.74) is 13.7. The standard InChI is InChI=1S/C60H44N3P3S6/c67-64(61(49-22-4-1-5-23-49)55-31-10-13-34-58(55)70-64)52-28-16-19-43(40-52)46-37-47(44-20-17-29-53(41-44)65(68)62(50-24-6-2-7-25-50)56-32-11-14-35-59(56)71-65)39-48(38-46)45-21-18-30-54(42-45)66(69)63(51-26-8-3-9-27-51)57-33-12-15-36-60(57)72-66/h1-42,64,67H. The fourth-order valence-corrected chi connectivity index (χ4v) is 31.9. The van der Waals surface area contributed by atoms with Crippen LogP contribution in [0.2, 0.25) is 0 Å². The topological polar surface area (TPSA) is 9.72 Å². The Kier molecular flexibility index (Phi) is 12.2. The molecule has 350 valence electrons. The minimum atomic E-state index is -2.73. The molecule has 0 amide bonds. The molecular formula is C60H44N3P3S6. The van der Waals surface area contributed by atoms with Gasteiger partial charge in [-0.25, -0.2) is 0 Å². The first-order valence-corrected chi connectivity index (χ1v) is 36.7. The van der Waals surface area contributed by atoms with E-state index in [-0.39, 0.29) is 0 Å². The Morgan fingerprint density at radius 1 is 0.347 bits per heavy atom. The molecule has 0 saturated heterocycles. The van der Waals surface area contributed by atoms with E-state index >= 15 is 0 Å². The van der Waals surface area contributed by atoms with Gasteiger partial charge < -0.3 is 0 Å². The average Bonchev–Trinajstić information content (AvgIpc) is 4.06. The quantitative estimate of drug-likeness (QED) is 0.112. The Bertz CT molecular complexity index is 3650. The monoisotopic (exact) mass is 1090 g/mol. The maximum atomic E-state index is 6.93. The van der Waals surface area contributed by atoms with Gasteiger partial charge in [-0.1, -0.05) is 60.7 Å². The van der Waals surface area contributed by atoms with E-state index in [4.69, 9.17) is 35.9 Å². The van der Waals surface area contributed by atoms with Crippen molar-refractivity contribution in [1.29, 1.82) is 0 Å². The number of fused-ring (bicyclic) bond motifs is 3. The summed E-state index contributed by atoms with van der Waals surface area (Å²) in [6.07, 6.45) is 0. The summed E-state index contributed by atoms with van der Waals surface area (Å²) in [7, 11) is 0. The zero-order chi connectivity index (χ0) is 48.4. The maximum absolute atomic E-state index is 6.93. The van der Waals surface area contributed by atoms with Gasteiger partial charge in [0.05, 0.1) is 0 Å². The molecule has 72 heavy (non-hydrogen) atoms. The van der Waals surface area contributed by atoms with Crippen LogP contribution in [0.25, 0.3) is 33.4 Å². The van der Waals surface area contributed by atoms with E-state index in [9.17, 15) is 0 Å². The minimum Gasteiger partial charge on any atom is -0.0621 e. The van der Waals surface area contributed by atoms with E-state index in [2.05, 4.69) is 269 Å². The predicted molar refractivity (Wildman–Crippen MR) is 330 cm³/mol. The van der Waals surface area contributed by atoms with Crippen LogP contribution in [0.3, 0.4) is 0 Å². The number of hydrogen-bond acceptors (Lipinski definition) is 7. The average molecular weight is 1090 g/mol. The third-order valence-corrected chi connectivity index (χ3v) is 35.2. The van der Waals surface area contributed by atoms with Crippen LogP contribution in [0.1, 0.15) is 0 Å². The van der Waals surface area contributed by atoms with Gasteiger partial charge in [0, 0.05) is 0 Å². The molecule has 12 heteroatoms. The third-order valence-electron chi connectivity index (χ3n) is 13.4. The molecule has 0 spiro atoms. The second kappa shape index (κ2) is 18.9. The van der Waals surface area contributed by atoms with Crippen molar-refractivity contribution in [3.63, 3.8) is 0 Å². The molecule has 0 radical (unpaired) electrons. The Labute approximate surface area is 449 Å². The van der Waals surface area contributed by atoms with Crippen LogP contribution in [0.15, 0.2) is 269 Å². The molecule has 2 unspecified atom stereocenters. The first-order chi connectivity index (χ1) is 35.3. The molecule has 10 aromatic rings. The summed E-state index contributed by atoms with van der Waals surface area (Å²) in [4.78, 5) is 3.69. The van der Waals surface area contributed by atoms with Gasteiger partial charge in [0.15, 0.2) is 0 Å². The van der Waals surface area contributed by atoms with Gasteiger partial charge in [-0.05, 0) is 48.5 Å². The number of anilines is 6. The minimum absolute atomic E-state index is 1.12. The zero-order valence-corrected chi connectivity index (χ0v) is 46.2. The van der Waals surface area contributed by atoms with Gasteiger partial charge in [-0.2, -0.15) is 0 Å². The van der Waals surface area contributed by atoms with E-state index in [1.54, 1.807) is 0 Å². The van der Waals surface area contributed by atoms with Crippen molar-refractivity contribution in [2.24, 2.45) is 0 Å². The molecule has 0 aliphatic carbocycles. The van der Waals surface area contributed by atoms with Crippen molar-refractivity contribution < 1.29 is 0 Å². The van der Waals surface area contributed by atoms with E-state index in [0.717, 1.165) is 61.1 Å². The van der Waals surface area contributed by atoms with Gasteiger partial charge in [0.25, 0.3) is 0 Å². The van der Waals surface area contributed by atoms with Crippen molar-refractivity contribution in [1.82, 2.24) is 0 Å². The molecule has 2 atom stereocenters. The fraction of sp³-hybridized carbons (Fsp3) is 0. The van der Waals surface area contributed by atoms with Crippen molar-refractivity contribution in [2.45, 2.75) is 14.7 Å². The number of rotatable bonds is 9. The summed E-state index contributed by atoms with van der Waals surface area (Å²) < 4.78 is 7.37. The smallest absolute Gasteiger partial charge is 0.0621 e. The van der Waals surface area contributed by atoms with Crippen LogP contribution in [-0.2, 0) is 23.6 Å². The fourth-order valence-electron chi connectivity index (χ4n) is 10.0. The van der Waals surface area contributed by atoms with Crippen LogP contribution < -0.4 is 29.9 Å². The van der Waals surface area contributed by atoms with Gasteiger partial charge >= 0.3 is 344 Å². The molecule has 3 aliphatic heterocycles. The molecule has 0 fully saturated rings. The second-order valence-corrected chi connectivity index (χ2v) is 39.9. The number of nitrogens with zero attached hydrogens (tertiary/aromatic N) is 3. The SMILES string of the molecule is S=P1(c2cccc(-c3cc(-c4cccc(P5(=S)Sc6ccccc6N5c5ccccc5)c4)cc(-c4cccc([PH]5(S)Sc6ccccc6N5c5ccccc5)c4)c3)c2)Sc2ccccc2N1c1ccccc1. The molecule has 3 heterocycles. The second-order valence-electron chi connectivity index (χ2n) is 17.8. The number of benzene rings is 10. The first kappa shape index (κ1) is 46.5. The van der Waals surface area contributed by atoms with Crippen molar-refractivity contribution >= 4 is 137 Å². The Hall–Kier alpha value is -5.27. The summed E-state index contributed by atoms with van der Waals surface area (Å²) in [5.74, 6) is -2.73. The molecule has 13 rings (SSSR count). The van der Waals surface area contributed by atoms with Gasteiger partial charge in [-0.15, -0.1) is 0 Å². The molecule has 0 N–H and O–H groups in total. The molecular weight excluding hydrogens is 1050 g/mol.